The molecule has 1 amide bonds. The third kappa shape index (κ3) is 4.91. The maximum Gasteiger partial charge on any atom is 0.318 e. The molecular weight excluding hydrogens is 536 g/mol. The Balaban J connectivity index is 1.19. The van der Waals surface area contributed by atoms with Gasteiger partial charge in [0, 0.05) is 67.2 Å². The van der Waals surface area contributed by atoms with Gasteiger partial charge >= 0.3 is 6.01 Å². The SMILES string of the molecule is C=CC(=O)N1C[C@H]2CN(c3nc(OC[C@@H]4CCCN4C)nc4c3CCN(c3cccc5cccc(Cl)c35)C4)C[C@@H]2C1. The van der Waals surface area contributed by atoms with Crippen molar-refractivity contribution in [2.24, 2.45) is 11.8 Å². The normalized spacial score (nSPS) is 24.1. The molecule has 4 aliphatic rings. The van der Waals surface area contributed by atoms with Crippen LogP contribution in [0.15, 0.2) is 49.1 Å². The fraction of sp³-hybridized carbons (Fsp3) is 0.469. The van der Waals surface area contributed by atoms with Crippen molar-refractivity contribution in [3.63, 3.8) is 0 Å². The van der Waals surface area contributed by atoms with Crippen molar-refractivity contribution >= 4 is 39.8 Å². The van der Waals surface area contributed by atoms with Gasteiger partial charge in [-0.1, -0.05) is 42.4 Å². The Labute approximate surface area is 246 Å². The number of anilines is 2. The third-order valence-electron chi connectivity index (χ3n) is 9.54. The molecular formula is C32H37ClN6O2. The summed E-state index contributed by atoms with van der Waals surface area (Å²) >= 11 is 6.71. The fourth-order valence-corrected chi connectivity index (χ4v) is 7.57. The number of likely N-dealkylation sites (N-methyl/N-ethyl adjacent to an activating group) is 1. The van der Waals surface area contributed by atoms with Crippen LogP contribution in [0, 0.1) is 11.8 Å². The molecule has 0 N–H and O–H groups in total. The smallest absolute Gasteiger partial charge is 0.318 e. The number of rotatable bonds is 6. The Hall–Kier alpha value is -3.36. The summed E-state index contributed by atoms with van der Waals surface area (Å²) in [6, 6.07) is 13.3. The zero-order chi connectivity index (χ0) is 28.1. The Morgan fingerprint density at radius 3 is 2.59 bits per heavy atom. The van der Waals surface area contributed by atoms with Gasteiger partial charge in [-0.3, -0.25) is 4.79 Å². The molecule has 3 atom stereocenters. The van der Waals surface area contributed by atoms with E-state index in [-0.39, 0.29) is 5.91 Å². The quantitative estimate of drug-likeness (QED) is 0.406. The van der Waals surface area contributed by atoms with Crippen LogP contribution in [0.25, 0.3) is 10.8 Å². The number of hydrogen-bond donors (Lipinski definition) is 0. The van der Waals surface area contributed by atoms with E-state index in [4.69, 9.17) is 26.3 Å². The highest BCUT2D eigenvalue weighted by Gasteiger charge is 2.42. The summed E-state index contributed by atoms with van der Waals surface area (Å²) in [7, 11) is 2.16. The molecule has 214 valence electrons. The second kappa shape index (κ2) is 10.8. The first kappa shape index (κ1) is 26.5. The molecule has 3 fully saturated rings. The van der Waals surface area contributed by atoms with E-state index in [1.807, 2.05) is 17.0 Å². The van der Waals surface area contributed by atoms with Gasteiger partial charge in [0.05, 0.1) is 17.3 Å². The second-order valence-electron chi connectivity index (χ2n) is 12.0. The first-order valence-electron chi connectivity index (χ1n) is 14.8. The van der Waals surface area contributed by atoms with Crippen molar-refractivity contribution < 1.29 is 9.53 Å². The van der Waals surface area contributed by atoms with Crippen molar-refractivity contribution in [3.8, 4) is 6.01 Å². The van der Waals surface area contributed by atoms with Crippen LogP contribution in [-0.4, -0.2) is 84.6 Å². The first-order chi connectivity index (χ1) is 20.0. The van der Waals surface area contributed by atoms with Gasteiger partial charge in [-0.25, -0.2) is 0 Å². The number of carbonyl (C=O) groups excluding carboxylic acids is 1. The summed E-state index contributed by atoms with van der Waals surface area (Å²) in [6.45, 7) is 10.3. The lowest BCUT2D eigenvalue weighted by Gasteiger charge is -2.34. The first-order valence-corrected chi connectivity index (χ1v) is 15.2. The van der Waals surface area contributed by atoms with E-state index in [2.05, 4.69) is 52.6 Å². The topological polar surface area (TPSA) is 65.0 Å². The molecule has 5 heterocycles. The van der Waals surface area contributed by atoms with Gasteiger partial charge in [-0.05, 0) is 56.4 Å². The number of benzene rings is 2. The molecule has 4 aliphatic heterocycles. The number of carbonyl (C=O) groups is 1. The molecule has 41 heavy (non-hydrogen) atoms. The number of hydrogen-bond acceptors (Lipinski definition) is 7. The van der Waals surface area contributed by atoms with E-state index in [1.54, 1.807) is 0 Å². The summed E-state index contributed by atoms with van der Waals surface area (Å²) in [5.41, 5.74) is 3.38. The van der Waals surface area contributed by atoms with Crippen LogP contribution in [0.3, 0.4) is 0 Å². The van der Waals surface area contributed by atoms with Crippen LogP contribution in [0.2, 0.25) is 5.02 Å². The maximum atomic E-state index is 12.2. The highest BCUT2D eigenvalue weighted by atomic mass is 35.5. The lowest BCUT2D eigenvalue weighted by molar-refractivity contribution is -0.125. The number of halogens is 1. The van der Waals surface area contributed by atoms with Crippen molar-refractivity contribution in [2.75, 3.05) is 62.7 Å². The van der Waals surface area contributed by atoms with E-state index in [0.717, 1.165) is 85.1 Å². The molecule has 3 aromatic rings. The lowest BCUT2D eigenvalue weighted by Crippen LogP contribution is -2.36. The minimum atomic E-state index is 0.0339. The summed E-state index contributed by atoms with van der Waals surface area (Å²) in [4.78, 5) is 31.4. The van der Waals surface area contributed by atoms with E-state index in [1.165, 1.54) is 18.1 Å². The minimum absolute atomic E-state index is 0.0339. The molecule has 0 bridgehead atoms. The molecule has 0 aliphatic carbocycles. The Kier molecular flexibility index (Phi) is 6.99. The van der Waals surface area contributed by atoms with Crippen LogP contribution in [-0.2, 0) is 17.8 Å². The second-order valence-corrected chi connectivity index (χ2v) is 12.4. The predicted molar refractivity (Wildman–Crippen MR) is 163 cm³/mol. The fourth-order valence-electron chi connectivity index (χ4n) is 7.30. The van der Waals surface area contributed by atoms with Crippen LogP contribution >= 0.6 is 11.6 Å². The van der Waals surface area contributed by atoms with Gasteiger partial charge in [0.25, 0.3) is 0 Å². The van der Waals surface area contributed by atoms with E-state index >= 15 is 0 Å². The Bertz CT molecular complexity index is 1480. The summed E-state index contributed by atoms with van der Waals surface area (Å²) in [5.74, 6) is 1.93. The number of aromatic nitrogens is 2. The Morgan fingerprint density at radius 1 is 1.07 bits per heavy atom. The average Bonchev–Trinajstić information content (AvgIpc) is 3.70. The van der Waals surface area contributed by atoms with E-state index in [9.17, 15) is 4.79 Å². The highest BCUT2D eigenvalue weighted by molar-refractivity contribution is 6.36. The van der Waals surface area contributed by atoms with Gasteiger partial charge in [0.2, 0.25) is 5.91 Å². The predicted octanol–water partition coefficient (Wildman–Crippen LogP) is 4.40. The van der Waals surface area contributed by atoms with Crippen LogP contribution in [0.5, 0.6) is 6.01 Å². The zero-order valence-electron chi connectivity index (χ0n) is 23.6. The number of fused-ring (bicyclic) bond motifs is 3. The molecule has 0 unspecified atom stereocenters. The van der Waals surface area contributed by atoms with Crippen molar-refractivity contribution in [1.29, 1.82) is 0 Å². The Morgan fingerprint density at radius 2 is 1.85 bits per heavy atom. The van der Waals surface area contributed by atoms with E-state index < -0.39 is 0 Å². The molecule has 0 radical (unpaired) electrons. The van der Waals surface area contributed by atoms with Gasteiger partial charge in [-0.15, -0.1) is 0 Å². The molecule has 1 aromatic heterocycles. The van der Waals surface area contributed by atoms with Crippen LogP contribution in [0.1, 0.15) is 24.1 Å². The molecule has 0 spiro atoms. The molecule has 0 saturated carbocycles. The molecule has 7 rings (SSSR count). The minimum Gasteiger partial charge on any atom is -0.462 e. The van der Waals surface area contributed by atoms with E-state index in [0.29, 0.717) is 37.0 Å². The van der Waals surface area contributed by atoms with Gasteiger partial charge in [0.15, 0.2) is 0 Å². The maximum absolute atomic E-state index is 12.2. The van der Waals surface area contributed by atoms with Crippen molar-refractivity contribution in [3.05, 3.63) is 65.3 Å². The molecule has 3 saturated heterocycles. The molecule has 2 aromatic carbocycles. The van der Waals surface area contributed by atoms with Gasteiger partial charge in [0.1, 0.15) is 12.4 Å². The summed E-state index contributed by atoms with van der Waals surface area (Å²) in [5, 5.41) is 2.99. The number of amides is 1. The number of nitrogens with zero attached hydrogens (tertiary/aromatic N) is 6. The van der Waals surface area contributed by atoms with Crippen molar-refractivity contribution in [1.82, 2.24) is 19.8 Å². The molecule has 8 nitrogen and oxygen atoms in total. The standard InChI is InChI=1S/C32H37ClN6O2/c1-3-29(40)38-15-22-17-39(18-23(22)16-38)31-25-12-14-37(28-11-5-8-21-7-4-10-26(33)30(21)28)19-27(25)34-32(35-31)41-20-24-9-6-13-36(24)2/h3-5,7-8,10-11,22-24H,1,6,9,12-20H2,2H3/t22-,23-,24-/m0/s1. The summed E-state index contributed by atoms with van der Waals surface area (Å²) < 4.78 is 6.32. The van der Waals surface area contributed by atoms with Gasteiger partial charge in [-0.2, -0.15) is 9.97 Å². The lowest BCUT2D eigenvalue weighted by atomic mass is 10.0. The highest BCUT2D eigenvalue weighted by Crippen LogP contribution is 2.39. The van der Waals surface area contributed by atoms with Crippen molar-refractivity contribution in [2.45, 2.75) is 31.8 Å². The zero-order valence-corrected chi connectivity index (χ0v) is 24.4. The largest absolute Gasteiger partial charge is 0.462 e. The van der Waals surface area contributed by atoms with Crippen LogP contribution < -0.4 is 14.5 Å². The van der Waals surface area contributed by atoms with Crippen LogP contribution in [0.4, 0.5) is 11.5 Å². The summed E-state index contributed by atoms with van der Waals surface area (Å²) in [6.07, 6.45) is 4.62. The monoisotopic (exact) mass is 572 g/mol. The number of ether oxygens (including phenoxy) is 1. The number of likely N-dealkylation sites (tertiary alicyclic amines) is 2. The van der Waals surface area contributed by atoms with Gasteiger partial charge < -0.3 is 24.3 Å². The molecule has 9 heteroatoms. The average molecular weight is 573 g/mol. The third-order valence-corrected chi connectivity index (χ3v) is 9.86.